The van der Waals surface area contributed by atoms with Crippen LogP contribution in [0, 0.1) is 0 Å². The Morgan fingerprint density at radius 1 is 0.864 bits per heavy atom. The molecule has 0 spiro atoms. The summed E-state index contributed by atoms with van der Waals surface area (Å²) in [7, 11) is 3.16. The van der Waals surface area contributed by atoms with Gasteiger partial charge in [0.05, 0.1) is 14.2 Å². The molecule has 1 aromatic heterocycles. The van der Waals surface area contributed by atoms with Crippen LogP contribution in [0.3, 0.4) is 0 Å². The molecular weight excluding hydrogens is 304 g/mol. The van der Waals surface area contributed by atoms with E-state index in [2.05, 4.69) is 10.2 Å². The Balaban J connectivity index is 1.97. The zero-order chi connectivity index (χ0) is 15.5. The van der Waals surface area contributed by atoms with Gasteiger partial charge in [0, 0.05) is 16.1 Å². The molecule has 2 aromatic carbocycles. The van der Waals surface area contributed by atoms with E-state index in [0.717, 1.165) is 11.1 Å². The van der Waals surface area contributed by atoms with Gasteiger partial charge in [-0.3, -0.25) is 0 Å². The molecule has 0 atom stereocenters. The van der Waals surface area contributed by atoms with Gasteiger partial charge in [-0.2, -0.15) is 0 Å². The summed E-state index contributed by atoms with van der Waals surface area (Å²) < 4.78 is 16.2. The van der Waals surface area contributed by atoms with Crippen molar-refractivity contribution in [1.29, 1.82) is 0 Å². The van der Waals surface area contributed by atoms with Crippen LogP contribution in [-0.4, -0.2) is 24.4 Å². The van der Waals surface area contributed by atoms with Gasteiger partial charge >= 0.3 is 0 Å². The van der Waals surface area contributed by atoms with Crippen LogP contribution in [0.5, 0.6) is 11.5 Å². The fraction of sp³-hybridized carbons (Fsp3) is 0.125. The van der Waals surface area contributed by atoms with Crippen LogP contribution < -0.4 is 9.47 Å². The lowest BCUT2D eigenvalue weighted by Crippen LogP contribution is -1.90. The molecule has 0 saturated heterocycles. The van der Waals surface area contributed by atoms with Crippen LogP contribution >= 0.6 is 11.6 Å². The van der Waals surface area contributed by atoms with E-state index in [1.54, 1.807) is 38.5 Å². The Bertz CT molecular complexity index is 802. The molecule has 0 N–H and O–H groups in total. The summed E-state index contributed by atoms with van der Waals surface area (Å²) in [5.74, 6) is 2.05. The van der Waals surface area contributed by atoms with Crippen molar-refractivity contribution in [2.24, 2.45) is 0 Å². The Labute approximate surface area is 132 Å². The van der Waals surface area contributed by atoms with E-state index in [0.29, 0.717) is 28.3 Å². The Hall–Kier alpha value is -2.53. The number of nitrogens with zero attached hydrogens (tertiary/aromatic N) is 2. The Morgan fingerprint density at radius 2 is 1.55 bits per heavy atom. The SMILES string of the molecule is COc1ccc(-c2nnc(-c3cccc(Cl)c3)o2)cc1OC. The van der Waals surface area contributed by atoms with Gasteiger partial charge in [0.2, 0.25) is 11.8 Å². The van der Waals surface area contributed by atoms with E-state index >= 15 is 0 Å². The van der Waals surface area contributed by atoms with E-state index in [4.69, 9.17) is 25.5 Å². The molecule has 0 amide bonds. The first-order valence-corrected chi connectivity index (χ1v) is 6.91. The maximum Gasteiger partial charge on any atom is 0.248 e. The van der Waals surface area contributed by atoms with E-state index in [-0.39, 0.29) is 0 Å². The summed E-state index contributed by atoms with van der Waals surface area (Å²) in [6, 6.07) is 12.7. The van der Waals surface area contributed by atoms with Crippen LogP contribution in [-0.2, 0) is 0 Å². The molecule has 5 nitrogen and oxygen atoms in total. The van der Waals surface area contributed by atoms with Crippen molar-refractivity contribution in [2.45, 2.75) is 0 Å². The first-order chi connectivity index (χ1) is 10.7. The maximum atomic E-state index is 5.97. The fourth-order valence-corrected chi connectivity index (χ4v) is 2.24. The van der Waals surface area contributed by atoms with Crippen LogP contribution in [0.25, 0.3) is 22.9 Å². The average Bonchev–Trinajstić information content (AvgIpc) is 3.04. The summed E-state index contributed by atoms with van der Waals surface area (Å²) in [6.45, 7) is 0. The molecule has 0 radical (unpaired) electrons. The van der Waals surface area contributed by atoms with Crippen LogP contribution in [0.15, 0.2) is 46.9 Å². The summed E-state index contributed by atoms with van der Waals surface area (Å²) in [4.78, 5) is 0. The Kier molecular flexibility index (Phi) is 3.98. The third-order valence-electron chi connectivity index (χ3n) is 3.13. The standard InChI is InChI=1S/C16H13ClN2O3/c1-20-13-7-6-11(9-14(13)21-2)16-19-18-15(22-16)10-4-3-5-12(17)8-10/h3-9H,1-2H3. The van der Waals surface area contributed by atoms with E-state index in [9.17, 15) is 0 Å². The van der Waals surface area contributed by atoms with Crippen LogP contribution in [0.1, 0.15) is 0 Å². The minimum Gasteiger partial charge on any atom is -0.493 e. The van der Waals surface area contributed by atoms with Gasteiger partial charge in [0.15, 0.2) is 11.5 Å². The molecule has 3 aromatic rings. The molecule has 0 aliphatic carbocycles. The lowest BCUT2D eigenvalue weighted by molar-refractivity contribution is 0.355. The number of halogens is 1. The summed E-state index contributed by atoms with van der Waals surface area (Å²) in [5.41, 5.74) is 1.52. The lowest BCUT2D eigenvalue weighted by atomic mass is 10.2. The smallest absolute Gasteiger partial charge is 0.248 e. The molecule has 3 rings (SSSR count). The van der Waals surface area contributed by atoms with Crippen molar-refractivity contribution in [3.8, 4) is 34.4 Å². The number of hydrogen-bond acceptors (Lipinski definition) is 5. The van der Waals surface area contributed by atoms with Gasteiger partial charge in [-0.1, -0.05) is 17.7 Å². The van der Waals surface area contributed by atoms with Crippen LogP contribution in [0.2, 0.25) is 5.02 Å². The molecule has 0 fully saturated rings. The first kappa shape index (κ1) is 14.4. The minimum absolute atomic E-state index is 0.399. The molecule has 112 valence electrons. The largest absolute Gasteiger partial charge is 0.493 e. The van der Waals surface area contributed by atoms with Crippen molar-refractivity contribution in [3.63, 3.8) is 0 Å². The van der Waals surface area contributed by atoms with Gasteiger partial charge in [-0.25, -0.2) is 0 Å². The van der Waals surface area contributed by atoms with E-state index in [1.807, 2.05) is 18.2 Å². The molecular formula is C16H13ClN2O3. The first-order valence-electron chi connectivity index (χ1n) is 6.53. The second kappa shape index (κ2) is 6.07. The highest BCUT2D eigenvalue weighted by atomic mass is 35.5. The predicted molar refractivity (Wildman–Crippen MR) is 83.3 cm³/mol. The zero-order valence-electron chi connectivity index (χ0n) is 12.0. The van der Waals surface area contributed by atoms with Gasteiger partial charge in [0.1, 0.15) is 0 Å². The molecule has 0 saturated carbocycles. The second-order valence-corrected chi connectivity index (χ2v) is 4.93. The maximum absolute atomic E-state index is 5.97. The third kappa shape index (κ3) is 2.76. The minimum atomic E-state index is 0.399. The number of rotatable bonds is 4. The van der Waals surface area contributed by atoms with Crippen molar-refractivity contribution in [1.82, 2.24) is 10.2 Å². The van der Waals surface area contributed by atoms with Crippen molar-refractivity contribution in [3.05, 3.63) is 47.5 Å². The second-order valence-electron chi connectivity index (χ2n) is 4.49. The molecule has 22 heavy (non-hydrogen) atoms. The normalized spacial score (nSPS) is 10.5. The van der Waals surface area contributed by atoms with Gasteiger partial charge in [0.25, 0.3) is 0 Å². The predicted octanol–water partition coefficient (Wildman–Crippen LogP) is 4.07. The quantitative estimate of drug-likeness (QED) is 0.726. The number of ether oxygens (including phenoxy) is 2. The van der Waals surface area contributed by atoms with Crippen molar-refractivity contribution >= 4 is 11.6 Å². The van der Waals surface area contributed by atoms with Gasteiger partial charge < -0.3 is 13.9 Å². The molecule has 0 aliphatic rings. The monoisotopic (exact) mass is 316 g/mol. The summed E-state index contributed by atoms with van der Waals surface area (Å²) in [5, 5.41) is 8.74. The molecule has 1 heterocycles. The third-order valence-corrected chi connectivity index (χ3v) is 3.36. The number of methoxy groups -OCH3 is 2. The number of aromatic nitrogens is 2. The summed E-state index contributed by atoms with van der Waals surface area (Å²) >= 11 is 5.97. The number of hydrogen-bond donors (Lipinski definition) is 0. The molecule has 0 bridgehead atoms. The lowest BCUT2D eigenvalue weighted by Gasteiger charge is -2.07. The highest BCUT2D eigenvalue weighted by Gasteiger charge is 2.13. The van der Waals surface area contributed by atoms with Gasteiger partial charge in [-0.15, -0.1) is 10.2 Å². The number of benzene rings is 2. The molecule has 6 heteroatoms. The van der Waals surface area contributed by atoms with E-state index < -0.39 is 0 Å². The summed E-state index contributed by atoms with van der Waals surface area (Å²) in [6.07, 6.45) is 0. The van der Waals surface area contributed by atoms with Crippen LogP contribution in [0.4, 0.5) is 0 Å². The molecule has 0 aliphatic heterocycles. The average molecular weight is 317 g/mol. The van der Waals surface area contributed by atoms with E-state index in [1.165, 1.54) is 0 Å². The highest BCUT2D eigenvalue weighted by molar-refractivity contribution is 6.30. The highest BCUT2D eigenvalue weighted by Crippen LogP contribution is 2.32. The topological polar surface area (TPSA) is 57.4 Å². The Morgan fingerprint density at radius 3 is 2.18 bits per heavy atom. The molecule has 0 unspecified atom stereocenters. The van der Waals surface area contributed by atoms with Gasteiger partial charge in [-0.05, 0) is 36.4 Å². The zero-order valence-corrected chi connectivity index (χ0v) is 12.8. The fourth-order valence-electron chi connectivity index (χ4n) is 2.05. The van der Waals surface area contributed by atoms with Crippen molar-refractivity contribution in [2.75, 3.05) is 14.2 Å². The van der Waals surface area contributed by atoms with Crippen molar-refractivity contribution < 1.29 is 13.9 Å².